The molecule has 0 aliphatic carbocycles. The molecule has 0 aliphatic heterocycles. The predicted molar refractivity (Wildman–Crippen MR) is 129 cm³/mol. The summed E-state index contributed by atoms with van der Waals surface area (Å²) in [5.74, 6) is -0.789. The van der Waals surface area contributed by atoms with E-state index in [1.54, 1.807) is 41.9 Å². The molecule has 35 heavy (non-hydrogen) atoms. The SMILES string of the molecule is CCN(CC(=O)Nc1cc(C(C)(C)C)nn1-c1ccc(Cl)cc1)C(=O)c1cccc(C(F)(F)F)c1. The third-order valence-electron chi connectivity index (χ3n) is 5.26. The van der Waals surface area contributed by atoms with Crippen molar-refractivity contribution in [2.45, 2.75) is 39.3 Å². The van der Waals surface area contributed by atoms with Gasteiger partial charge in [0.1, 0.15) is 12.4 Å². The summed E-state index contributed by atoms with van der Waals surface area (Å²) in [7, 11) is 0. The number of anilines is 1. The first kappa shape index (κ1) is 26.3. The molecule has 0 fully saturated rings. The van der Waals surface area contributed by atoms with E-state index in [-0.39, 0.29) is 24.1 Å². The molecule has 0 bridgehead atoms. The van der Waals surface area contributed by atoms with Crippen LogP contribution in [0, 0.1) is 0 Å². The smallest absolute Gasteiger partial charge is 0.330 e. The molecule has 10 heteroatoms. The summed E-state index contributed by atoms with van der Waals surface area (Å²) in [6, 6.07) is 12.8. The maximum Gasteiger partial charge on any atom is 0.416 e. The molecule has 186 valence electrons. The maximum atomic E-state index is 13.0. The molecular formula is C25H26ClF3N4O2. The molecule has 6 nitrogen and oxygen atoms in total. The van der Waals surface area contributed by atoms with Crippen LogP contribution in [0.2, 0.25) is 5.02 Å². The molecule has 1 heterocycles. The summed E-state index contributed by atoms with van der Waals surface area (Å²) in [6.45, 7) is 7.39. The van der Waals surface area contributed by atoms with Crippen LogP contribution in [0.3, 0.4) is 0 Å². The lowest BCUT2D eigenvalue weighted by Gasteiger charge is -2.21. The van der Waals surface area contributed by atoms with Gasteiger partial charge in [0, 0.05) is 28.6 Å². The van der Waals surface area contributed by atoms with Gasteiger partial charge in [-0.2, -0.15) is 18.3 Å². The van der Waals surface area contributed by atoms with Gasteiger partial charge in [0.2, 0.25) is 5.91 Å². The molecule has 2 aromatic carbocycles. The lowest BCUT2D eigenvalue weighted by Crippen LogP contribution is -2.38. The molecule has 3 rings (SSSR count). The van der Waals surface area contributed by atoms with E-state index in [0.717, 1.165) is 17.8 Å². The van der Waals surface area contributed by atoms with Crippen molar-refractivity contribution in [1.29, 1.82) is 0 Å². The van der Waals surface area contributed by atoms with Crippen molar-refractivity contribution in [3.8, 4) is 5.69 Å². The minimum Gasteiger partial charge on any atom is -0.330 e. The fourth-order valence-corrected chi connectivity index (χ4v) is 3.44. The number of nitrogens with one attached hydrogen (secondary N) is 1. The van der Waals surface area contributed by atoms with Crippen LogP contribution in [0.15, 0.2) is 54.6 Å². The number of alkyl halides is 3. The summed E-state index contributed by atoms with van der Waals surface area (Å²) >= 11 is 5.99. The standard InChI is InChI=1S/C25H26ClF3N4O2/c1-5-32(23(35)16-7-6-8-17(13-16)25(27,28)29)15-22(34)30-21-14-20(24(2,3)4)31-33(21)19-11-9-18(26)10-12-19/h6-14H,5,15H2,1-4H3,(H,30,34). The number of carbonyl (C=O) groups is 2. The van der Waals surface area contributed by atoms with Gasteiger partial charge in [-0.1, -0.05) is 38.4 Å². The largest absolute Gasteiger partial charge is 0.416 e. The molecular weight excluding hydrogens is 481 g/mol. The Kier molecular flexibility index (Phi) is 7.59. The zero-order valence-corrected chi connectivity index (χ0v) is 20.5. The molecule has 0 saturated carbocycles. The van der Waals surface area contributed by atoms with E-state index in [9.17, 15) is 22.8 Å². The average Bonchev–Trinajstić information content (AvgIpc) is 3.21. The van der Waals surface area contributed by atoms with Gasteiger partial charge in [0.25, 0.3) is 5.91 Å². The zero-order chi connectivity index (χ0) is 26.0. The van der Waals surface area contributed by atoms with Crippen LogP contribution in [-0.2, 0) is 16.4 Å². The van der Waals surface area contributed by atoms with Crippen LogP contribution in [0.4, 0.5) is 19.0 Å². The van der Waals surface area contributed by atoms with Crippen LogP contribution in [0.25, 0.3) is 5.69 Å². The number of benzene rings is 2. The normalized spacial score (nSPS) is 11.9. The number of halogens is 4. The number of hydrogen-bond donors (Lipinski definition) is 1. The molecule has 2 amide bonds. The first-order valence-electron chi connectivity index (χ1n) is 10.9. The Hall–Kier alpha value is -3.33. The van der Waals surface area contributed by atoms with E-state index in [0.29, 0.717) is 16.5 Å². The molecule has 0 saturated heterocycles. The molecule has 3 aromatic rings. The highest BCUT2D eigenvalue weighted by molar-refractivity contribution is 6.30. The minimum atomic E-state index is -4.57. The van der Waals surface area contributed by atoms with Crippen molar-refractivity contribution in [2.75, 3.05) is 18.4 Å². The highest BCUT2D eigenvalue weighted by Crippen LogP contribution is 2.30. The second-order valence-corrected chi connectivity index (χ2v) is 9.44. The van der Waals surface area contributed by atoms with Crippen molar-refractivity contribution >= 4 is 29.2 Å². The number of amides is 2. The van der Waals surface area contributed by atoms with E-state index in [4.69, 9.17) is 11.6 Å². The van der Waals surface area contributed by atoms with Gasteiger partial charge in [-0.25, -0.2) is 4.68 Å². The number of aromatic nitrogens is 2. The molecule has 1 N–H and O–H groups in total. The van der Waals surface area contributed by atoms with Crippen molar-refractivity contribution in [3.05, 3.63) is 76.4 Å². The lowest BCUT2D eigenvalue weighted by molar-refractivity contribution is -0.137. The molecule has 0 spiro atoms. The van der Waals surface area contributed by atoms with Crippen LogP contribution < -0.4 is 5.32 Å². The third-order valence-corrected chi connectivity index (χ3v) is 5.51. The van der Waals surface area contributed by atoms with Gasteiger partial charge in [-0.15, -0.1) is 0 Å². The second kappa shape index (κ2) is 10.1. The highest BCUT2D eigenvalue weighted by Gasteiger charge is 2.31. The summed E-state index contributed by atoms with van der Waals surface area (Å²) < 4.78 is 40.7. The number of hydrogen-bond acceptors (Lipinski definition) is 3. The monoisotopic (exact) mass is 506 g/mol. The van der Waals surface area contributed by atoms with E-state index in [1.165, 1.54) is 17.0 Å². The topological polar surface area (TPSA) is 67.2 Å². The first-order valence-corrected chi connectivity index (χ1v) is 11.3. The third kappa shape index (κ3) is 6.42. The number of carbonyl (C=O) groups excluding carboxylic acids is 2. The summed E-state index contributed by atoms with van der Waals surface area (Å²) in [5, 5.41) is 7.95. The minimum absolute atomic E-state index is 0.131. The van der Waals surface area contributed by atoms with Crippen LogP contribution in [0.5, 0.6) is 0 Å². The average molecular weight is 507 g/mol. The summed E-state index contributed by atoms with van der Waals surface area (Å²) in [5.41, 5.74) is 0.0374. The van der Waals surface area contributed by atoms with Crippen molar-refractivity contribution in [1.82, 2.24) is 14.7 Å². The van der Waals surface area contributed by atoms with E-state index in [1.807, 2.05) is 20.8 Å². The quantitative estimate of drug-likeness (QED) is 0.449. The second-order valence-electron chi connectivity index (χ2n) is 9.00. The lowest BCUT2D eigenvalue weighted by atomic mass is 9.92. The van der Waals surface area contributed by atoms with E-state index < -0.39 is 23.6 Å². The van der Waals surface area contributed by atoms with Crippen LogP contribution in [-0.4, -0.2) is 39.6 Å². The molecule has 0 radical (unpaired) electrons. The van der Waals surface area contributed by atoms with Crippen LogP contribution >= 0.6 is 11.6 Å². The molecule has 1 aromatic heterocycles. The Balaban J connectivity index is 1.83. The van der Waals surface area contributed by atoms with Gasteiger partial charge < -0.3 is 10.2 Å². The van der Waals surface area contributed by atoms with Gasteiger partial charge in [-0.05, 0) is 49.4 Å². The Labute approximate surface area is 206 Å². The Morgan fingerprint density at radius 2 is 1.71 bits per heavy atom. The van der Waals surface area contributed by atoms with E-state index in [2.05, 4.69) is 10.4 Å². The number of likely N-dealkylation sites (N-methyl/N-ethyl adjacent to an activating group) is 1. The summed E-state index contributed by atoms with van der Waals surface area (Å²) in [4.78, 5) is 26.9. The van der Waals surface area contributed by atoms with Gasteiger partial charge in [0.05, 0.1) is 16.9 Å². The molecule has 0 unspecified atom stereocenters. The fourth-order valence-electron chi connectivity index (χ4n) is 3.31. The fraction of sp³-hybridized carbons (Fsp3) is 0.320. The number of rotatable bonds is 6. The van der Waals surface area contributed by atoms with Crippen molar-refractivity contribution < 1.29 is 22.8 Å². The Bertz CT molecular complexity index is 1210. The Morgan fingerprint density at radius 1 is 1.06 bits per heavy atom. The van der Waals surface area contributed by atoms with Gasteiger partial charge in [-0.3, -0.25) is 9.59 Å². The molecule has 0 aliphatic rings. The maximum absolute atomic E-state index is 13.0. The molecule has 0 atom stereocenters. The van der Waals surface area contributed by atoms with Crippen molar-refractivity contribution in [2.24, 2.45) is 0 Å². The van der Waals surface area contributed by atoms with E-state index >= 15 is 0 Å². The number of nitrogens with zero attached hydrogens (tertiary/aromatic N) is 3. The van der Waals surface area contributed by atoms with Crippen molar-refractivity contribution in [3.63, 3.8) is 0 Å². The predicted octanol–water partition coefficient (Wildman–Crippen LogP) is 5.94. The van der Waals surface area contributed by atoms with Crippen LogP contribution in [0.1, 0.15) is 49.3 Å². The zero-order valence-electron chi connectivity index (χ0n) is 19.8. The van der Waals surface area contributed by atoms with Gasteiger partial charge in [0.15, 0.2) is 0 Å². The van der Waals surface area contributed by atoms with Gasteiger partial charge >= 0.3 is 6.18 Å². The summed E-state index contributed by atoms with van der Waals surface area (Å²) in [6.07, 6.45) is -4.57. The first-order chi connectivity index (χ1) is 16.3. The Morgan fingerprint density at radius 3 is 2.29 bits per heavy atom. The highest BCUT2D eigenvalue weighted by atomic mass is 35.5.